The van der Waals surface area contributed by atoms with Gasteiger partial charge in [-0.1, -0.05) is 0 Å². The average Bonchev–Trinajstić information content (AvgIpc) is 2.97. The van der Waals surface area contributed by atoms with Crippen LogP contribution in [0.1, 0.15) is 36.2 Å². The van der Waals surface area contributed by atoms with Gasteiger partial charge >= 0.3 is 0 Å². The Bertz CT molecular complexity index is 624. The maximum absolute atomic E-state index is 12.0. The minimum absolute atomic E-state index is 0.127. The van der Waals surface area contributed by atoms with Crippen LogP contribution in [0.15, 0.2) is 39.8 Å². The highest BCUT2D eigenvalue weighted by molar-refractivity contribution is 9.10. The van der Waals surface area contributed by atoms with E-state index in [2.05, 4.69) is 31.2 Å². The van der Waals surface area contributed by atoms with E-state index in [1.165, 1.54) is 0 Å². The van der Waals surface area contributed by atoms with E-state index in [0.717, 1.165) is 25.7 Å². The van der Waals surface area contributed by atoms with Crippen LogP contribution < -0.4 is 10.1 Å². The van der Waals surface area contributed by atoms with Gasteiger partial charge in [0.15, 0.2) is 10.4 Å². The third kappa shape index (κ3) is 3.85. The number of nitrogens with one attached hydrogen (secondary N) is 1. The molecule has 0 unspecified atom stereocenters. The molecule has 6 nitrogen and oxygen atoms in total. The van der Waals surface area contributed by atoms with Crippen LogP contribution >= 0.6 is 15.9 Å². The first-order valence-corrected chi connectivity index (χ1v) is 7.99. The Morgan fingerprint density at radius 2 is 2.09 bits per heavy atom. The molecule has 22 heavy (non-hydrogen) atoms. The van der Waals surface area contributed by atoms with Crippen molar-refractivity contribution >= 4 is 21.8 Å². The van der Waals surface area contributed by atoms with Gasteiger partial charge in [0, 0.05) is 18.4 Å². The molecule has 0 atom stereocenters. The standard InChI is InChI=1S/C15H16BrN3O3/c16-13-6-5-12(22-13)15(20)19-10-1-3-11(4-2-10)21-14-9-17-7-8-18-14/h5-11H,1-4H2,(H,19,20). The summed E-state index contributed by atoms with van der Waals surface area (Å²) >= 11 is 3.19. The lowest BCUT2D eigenvalue weighted by atomic mass is 9.93. The van der Waals surface area contributed by atoms with Crippen molar-refractivity contribution in [1.29, 1.82) is 0 Å². The molecule has 0 spiro atoms. The average molecular weight is 366 g/mol. The molecule has 116 valence electrons. The molecule has 1 N–H and O–H groups in total. The van der Waals surface area contributed by atoms with Crippen molar-refractivity contribution in [3.05, 3.63) is 41.2 Å². The SMILES string of the molecule is O=C(NC1CCC(Oc2cnccn2)CC1)c1ccc(Br)o1. The molecule has 0 aromatic carbocycles. The largest absolute Gasteiger partial charge is 0.473 e. The first-order valence-electron chi connectivity index (χ1n) is 7.19. The predicted molar refractivity (Wildman–Crippen MR) is 82.6 cm³/mol. The molecule has 1 fully saturated rings. The lowest BCUT2D eigenvalue weighted by Gasteiger charge is -2.28. The smallest absolute Gasteiger partial charge is 0.287 e. The van der Waals surface area contributed by atoms with Gasteiger partial charge in [-0.3, -0.25) is 9.78 Å². The summed E-state index contributed by atoms with van der Waals surface area (Å²) in [6.07, 6.45) is 8.48. The molecule has 0 radical (unpaired) electrons. The van der Waals surface area contributed by atoms with Crippen LogP contribution in [0.5, 0.6) is 5.88 Å². The molecule has 0 bridgehead atoms. The van der Waals surface area contributed by atoms with E-state index >= 15 is 0 Å². The normalized spacial score (nSPS) is 21.3. The van der Waals surface area contributed by atoms with Crippen LogP contribution in [0, 0.1) is 0 Å². The van der Waals surface area contributed by atoms with E-state index in [0.29, 0.717) is 16.3 Å². The lowest BCUT2D eigenvalue weighted by molar-refractivity contribution is 0.0862. The van der Waals surface area contributed by atoms with Gasteiger partial charge < -0.3 is 14.5 Å². The number of ether oxygens (including phenoxy) is 1. The summed E-state index contributed by atoms with van der Waals surface area (Å²) in [6.45, 7) is 0. The van der Waals surface area contributed by atoms with Gasteiger partial charge in [0.25, 0.3) is 5.91 Å². The van der Waals surface area contributed by atoms with Gasteiger partial charge in [-0.25, -0.2) is 4.98 Å². The fraction of sp³-hybridized carbons (Fsp3) is 0.400. The third-order valence-electron chi connectivity index (χ3n) is 3.63. The molecule has 1 saturated carbocycles. The molecule has 2 aromatic rings. The van der Waals surface area contributed by atoms with Crippen LogP contribution in [-0.2, 0) is 0 Å². The summed E-state index contributed by atoms with van der Waals surface area (Å²) in [5.74, 6) is 0.698. The number of carbonyl (C=O) groups is 1. The van der Waals surface area contributed by atoms with E-state index in [1.54, 1.807) is 30.7 Å². The number of furan rings is 1. The Hall–Kier alpha value is -1.89. The van der Waals surface area contributed by atoms with Crippen LogP contribution in [0.2, 0.25) is 0 Å². The highest BCUT2D eigenvalue weighted by Crippen LogP contribution is 2.23. The summed E-state index contributed by atoms with van der Waals surface area (Å²) in [4.78, 5) is 20.1. The van der Waals surface area contributed by atoms with E-state index < -0.39 is 0 Å². The minimum atomic E-state index is -0.177. The zero-order valence-electron chi connectivity index (χ0n) is 11.9. The molecule has 0 aliphatic heterocycles. The van der Waals surface area contributed by atoms with Gasteiger partial charge in [-0.05, 0) is 53.7 Å². The summed E-state index contributed by atoms with van der Waals surface area (Å²) in [6, 6.07) is 3.51. The van der Waals surface area contributed by atoms with Crippen LogP contribution in [0.3, 0.4) is 0 Å². The van der Waals surface area contributed by atoms with Crippen molar-refractivity contribution < 1.29 is 13.9 Å². The summed E-state index contributed by atoms with van der Waals surface area (Å²) < 4.78 is 11.6. The number of hydrogen-bond donors (Lipinski definition) is 1. The van der Waals surface area contributed by atoms with Crippen molar-refractivity contribution in [2.45, 2.75) is 37.8 Å². The Balaban J connectivity index is 1.46. The van der Waals surface area contributed by atoms with Crippen molar-refractivity contribution in [3.63, 3.8) is 0 Å². The van der Waals surface area contributed by atoms with Gasteiger partial charge in [0.2, 0.25) is 5.88 Å². The van der Waals surface area contributed by atoms with Gasteiger partial charge in [-0.15, -0.1) is 0 Å². The maximum Gasteiger partial charge on any atom is 0.287 e. The molecule has 1 aliphatic carbocycles. The number of hydrogen-bond acceptors (Lipinski definition) is 5. The molecular weight excluding hydrogens is 350 g/mol. The van der Waals surface area contributed by atoms with Crippen molar-refractivity contribution in [2.24, 2.45) is 0 Å². The fourth-order valence-corrected chi connectivity index (χ4v) is 2.84. The van der Waals surface area contributed by atoms with Crippen LogP contribution in [-0.4, -0.2) is 28.0 Å². The van der Waals surface area contributed by atoms with Gasteiger partial charge in [-0.2, -0.15) is 0 Å². The number of nitrogens with zero attached hydrogens (tertiary/aromatic N) is 2. The van der Waals surface area contributed by atoms with Crippen LogP contribution in [0.25, 0.3) is 0 Å². The van der Waals surface area contributed by atoms with Crippen LogP contribution in [0.4, 0.5) is 0 Å². The van der Waals surface area contributed by atoms with E-state index in [-0.39, 0.29) is 18.1 Å². The number of rotatable bonds is 4. The maximum atomic E-state index is 12.0. The lowest BCUT2D eigenvalue weighted by Crippen LogP contribution is -2.39. The van der Waals surface area contributed by atoms with Gasteiger partial charge in [0.1, 0.15) is 6.10 Å². The number of aromatic nitrogens is 2. The molecule has 0 saturated heterocycles. The fourth-order valence-electron chi connectivity index (χ4n) is 2.53. The molecule has 2 heterocycles. The topological polar surface area (TPSA) is 77.2 Å². The molecule has 1 amide bonds. The minimum Gasteiger partial charge on any atom is -0.473 e. The Morgan fingerprint density at radius 1 is 1.27 bits per heavy atom. The second-order valence-corrected chi connectivity index (χ2v) is 5.99. The molecular formula is C15H16BrN3O3. The number of halogens is 1. The van der Waals surface area contributed by atoms with Gasteiger partial charge in [0.05, 0.1) is 6.20 Å². The molecule has 7 heteroatoms. The number of carbonyl (C=O) groups excluding carboxylic acids is 1. The zero-order chi connectivity index (χ0) is 15.4. The van der Waals surface area contributed by atoms with Crippen molar-refractivity contribution in [1.82, 2.24) is 15.3 Å². The van der Waals surface area contributed by atoms with Crippen molar-refractivity contribution in [3.8, 4) is 5.88 Å². The molecule has 2 aromatic heterocycles. The zero-order valence-corrected chi connectivity index (χ0v) is 13.5. The molecule has 1 aliphatic rings. The van der Waals surface area contributed by atoms with E-state index in [4.69, 9.17) is 9.15 Å². The number of amides is 1. The molecule has 3 rings (SSSR count). The summed E-state index contributed by atoms with van der Waals surface area (Å²) in [5, 5.41) is 3.00. The highest BCUT2D eigenvalue weighted by Gasteiger charge is 2.25. The second-order valence-electron chi connectivity index (χ2n) is 5.21. The predicted octanol–water partition coefficient (Wildman–Crippen LogP) is 2.95. The van der Waals surface area contributed by atoms with E-state index in [9.17, 15) is 4.79 Å². The Morgan fingerprint density at radius 3 is 2.73 bits per heavy atom. The first kappa shape index (κ1) is 15.0. The Kier molecular flexibility index (Phi) is 4.72. The highest BCUT2D eigenvalue weighted by atomic mass is 79.9. The third-order valence-corrected chi connectivity index (χ3v) is 4.06. The van der Waals surface area contributed by atoms with Crippen molar-refractivity contribution in [2.75, 3.05) is 0 Å². The summed E-state index contributed by atoms with van der Waals surface area (Å²) in [5.41, 5.74) is 0. The monoisotopic (exact) mass is 365 g/mol. The first-order chi connectivity index (χ1) is 10.7. The second kappa shape index (κ2) is 6.91. The Labute approximate surface area is 136 Å². The quantitative estimate of drug-likeness (QED) is 0.900. The van der Waals surface area contributed by atoms with E-state index in [1.807, 2.05) is 0 Å². The summed E-state index contributed by atoms with van der Waals surface area (Å²) in [7, 11) is 0.